The third-order valence-corrected chi connectivity index (χ3v) is 4.44. The van der Waals surface area contributed by atoms with Gasteiger partial charge in [0.25, 0.3) is 0 Å². The number of ether oxygens (including phenoxy) is 1. The Morgan fingerprint density at radius 3 is 3.00 bits per heavy atom. The molecule has 1 aliphatic rings. The third-order valence-electron chi connectivity index (χ3n) is 4.44. The van der Waals surface area contributed by atoms with Crippen molar-refractivity contribution in [1.82, 2.24) is 9.88 Å². The topological polar surface area (TPSA) is 42.4 Å². The maximum absolute atomic E-state index is 13.2. The number of likely N-dealkylation sites (tertiary alicyclic amines) is 1. The molecule has 0 saturated carbocycles. The largest absolute Gasteiger partial charge is 0.370 e. The molecule has 0 bridgehead atoms. The quantitative estimate of drug-likeness (QED) is 0.808. The van der Waals surface area contributed by atoms with Gasteiger partial charge in [0.15, 0.2) is 0 Å². The zero-order chi connectivity index (χ0) is 17.5. The highest BCUT2D eigenvalue weighted by atomic mass is 19.1. The Kier molecular flexibility index (Phi) is 6.12. The van der Waals surface area contributed by atoms with E-state index in [9.17, 15) is 9.18 Å². The number of rotatable bonds is 6. The molecule has 4 nitrogen and oxygen atoms in total. The maximum atomic E-state index is 13.2. The van der Waals surface area contributed by atoms with E-state index >= 15 is 0 Å². The van der Waals surface area contributed by atoms with Crippen LogP contribution in [0.5, 0.6) is 0 Å². The van der Waals surface area contributed by atoms with E-state index in [1.165, 1.54) is 12.1 Å². The molecular weight excluding hydrogens is 319 g/mol. The molecule has 132 valence electrons. The number of carbonyl (C=O) groups is 1. The molecule has 1 amide bonds. The van der Waals surface area contributed by atoms with Crippen molar-refractivity contribution in [3.63, 3.8) is 0 Å². The van der Waals surface area contributed by atoms with Crippen LogP contribution < -0.4 is 0 Å². The molecule has 2 heterocycles. The normalized spacial score (nSPS) is 17.5. The number of aryl methyl sites for hydroxylation is 1. The number of amides is 1. The number of hydrogen-bond acceptors (Lipinski definition) is 3. The highest BCUT2D eigenvalue weighted by Gasteiger charge is 2.24. The zero-order valence-electron chi connectivity index (χ0n) is 14.2. The van der Waals surface area contributed by atoms with E-state index in [-0.39, 0.29) is 17.8 Å². The van der Waals surface area contributed by atoms with Crippen molar-refractivity contribution >= 4 is 5.91 Å². The van der Waals surface area contributed by atoms with Crippen LogP contribution in [0.15, 0.2) is 48.7 Å². The van der Waals surface area contributed by atoms with Gasteiger partial charge in [-0.2, -0.15) is 0 Å². The average molecular weight is 342 g/mol. The minimum atomic E-state index is -0.258. The number of halogens is 1. The van der Waals surface area contributed by atoms with E-state index in [0.717, 1.165) is 30.6 Å². The van der Waals surface area contributed by atoms with Gasteiger partial charge in [0.05, 0.1) is 18.4 Å². The summed E-state index contributed by atoms with van der Waals surface area (Å²) in [6.45, 7) is 1.86. The van der Waals surface area contributed by atoms with Crippen molar-refractivity contribution in [1.29, 1.82) is 0 Å². The fourth-order valence-electron chi connectivity index (χ4n) is 3.09. The van der Waals surface area contributed by atoms with Gasteiger partial charge in [-0.25, -0.2) is 4.39 Å². The van der Waals surface area contributed by atoms with Gasteiger partial charge < -0.3 is 9.64 Å². The third kappa shape index (κ3) is 5.36. The second-order valence-electron chi connectivity index (χ2n) is 6.37. The van der Waals surface area contributed by atoms with Crippen LogP contribution in [-0.4, -0.2) is 35.0 Å². The summed E-state index contributed by atoms with van der Waals surface area (Å²) in [6, 6.07) is 12.2. The van der Waals surface area contributed by atoms with E-state index in [1.807, 2.05) is 29.2 Å². The molecule has 3 rings (SSSR count). The molecule has 1 aromatic carbocycles. The molecule has 5 heteroatoms. The minimum Gasteiger partial charge on any atom is -0.370 e. The molecule has 0 unspecified atom stereocenters. The summed E-state index contributed by atoms with van der Waals surface area (Å²) in [6.07, 6.45) is 4.66. The summed E-state index contributed by atoms with van der Waals surface area (Å²) in [4.78, 5) is 18.6. The van der Waals surface area contributed by atoms with Crippen molar-refractivity contribution < 1.29 is 13.9 Å². The fourth-order valence-corrected chi connectivity index (χ4v) is 3.09. The maximum Gasteiger partial charge on any atom is 0.222 e. The predicted octanol–water partition coefficient (Wildman–Crippen LogP) is 3.36. The monoisotopic (exact) mass is 342 g/mol. The van der Waals surface area contributed by atoms with Gasteiger partial charge in [-0.05, 0) is 49.1 Å². The van der Waals surface area contributed by atoms with Gasteiger partial charge in [0.2, 0.25) is 5.91 Å². The molecule has 1 fully saturated rings. The van der Waals surface area contributed by atoms with E-state index in [0.29, 0.717) is 26.0 Å². The Bertz CT molecular complexity index is 693. The van der Waals surface area contributed by atoms with Gasteiger partial charge in [-0.1, -0.05) is 18.2 Å². The first kappa shape index (κ1) is 17.5. The molecule has 0 N–H and O–H groups in total. The lowest BCUT2D eigenvalue weighted by Gasteiger charge is -2.32. The van der Waals surface area contributed by atoms with Gasteiger partial charge >= 0.3 is 0 Å². The molecule has 1 atom stereocenters. The second kappa shape index (κ2) is 8.72. The zero-order valence-corrected chi connectivity index (χ0v) is 14.2. The molecule has 1 aromatic heterocycles. The molecule has 25 heavy (non-hydrogen) atoms. The summed E-state index contributed by atoms with van der Waals surface area (Å²) in [5.41, 5.74) is 1.75. The lowest BCUT2D eigenvalue weighted by Crippen LogP contribution is -2.43. The van der Waals surface area contributed by atoms with Gasteiger partial charge in [0, 0.05) is 25.7 Å². The van der Waals surface area contributed by atoms with E-state index in [2.05, 4.69) is 4.98 Å². The van der Waals surface area contributed by atoms with Crippen molar-refractivity contribution in [2.24, 2.45) is 0 Å². The van der Waals surface area contributed by atoms with E-state index < -0.39 is 0 Å². The molecule has 1 saturated heterocycles. The molecule has 0 spiro atoms. The SMILES string of the molecule is O=C(CCc1cccc(F)c1)N1CCC[C@H](OCc2ccccn2)C1. The number of aromatic nitrogens is 1. The number of benzene rings is 1. The van der Waals surface area contributed by atoms with Crippen LogP contribution in [0.4, 0.5) is 4.39 Å². The number of carbonyl (C=O) groups excluding carboxylic acids is 1. The first-order chi connectivity index (χ1) is 12.2. The first-order valence-electron chi connectivity index (χ1n) is 8.74. The molecule has 0 radical (unpaired) electrons. The molecular formula is C20H23FN2O2. The van der Waals surface area contributed by atoms with Crippen LogP contribution in [0.2, 0.25) is 0 Å². The summed E-state index contributed by atoms with van der Waals surface area (Å²) < 4.78 is 19.1. The number of pyridine rings is 1. The standard InChI is InChI=1S/C20H23FN2O2/c21-17-6-3-5-16(13-17)9-10-20(24)23-12-4-8-19(14-23)25-15-18-7-1-2-11-22-18/h1-3,5-7,11,13,19H,4,8-10,12,14-15H2/t19-/m0/s1. The van der Waals surface area contributed by atoms with Crippen molar-refractivity contribution in [2.45, 2.75) is 38.4 Å². The van der Waals surface area contributed by atoms with Crippen LogP contribution in [0, 0.1) is 5.82 Å². The van der Waals surface area contributed by atoms with Crippen molar-refractivity contribution in [3.8, 4) is 0 Å². The summed E-state index contributed by atoms with van der Waals surface area (Å²) in [7, 11) is 0. The Morgan fingerprint density at radius 1 is 1.28 bits per heavy atom. The first-order valence-corrected chi connectivity index (χ1v) is 8.74. The number of piperidine rings is 1. The van der Waals surface area contributed by atoms with Crippen LogP contribution in [0.1, 0.15) is 30.5 Å². The summed E-state index contributed by atoms with van der Waals surface area (Å²) in [5, 5.41) is 0. The molecule has 2 aromatic rings. The highest BCUT2D eigenvalue weighted by Crippen LogP contribution is 2.16. The van der Waals surface area contributed by atoms with Crippen LogP contribution in [0.3, 0.4) is 0 Å². The fraction of sp³-hybridized carbons (Fsp3) is 0.400. The lowest BCUT2D eigenvalue weighted by molar-refractivity contribution is -0.135. The summed E-state index contributed by atoms with van der Waals surface area (Å²) >= 11 is 0. The van der Waals surface area contributed by atoms with Crippen molar-refractivity contribution in [3.05, 3.63) is 65.7 Å². The Morgan fingerprint density at radius 2 is 2.20 bits per heavy atom. The van der Waals surface area contributed by atoms with Gasteiger partial charge in [0.1, 0.15) is 5.82 Å². The highest BCUT2D eigenvalue weighted by molar-refractivity contribution is 5.76. The van der Waals surface area contributed by atoms with Gasteiger partial charge in [-0.15, -0.1) is 0 Å². The van der Waals surface area contributed by atoms with Crippen LogP contribution in [-0.2, 0) is 22.6 Å². The summed E-state index contributed by atoms with van der Waals surface area (Å²) in [5.74, 6) is -0.152. The Labute approximate surface area is 147 Å². The lowest BCUT2D eigenvalue weighted by atomic mass is 10.1. The van der Waals surface area contributed by atoms with Gasteiger partial charge in [-0.3, -0.25) is 9.78 Å². The van der Waals surface area contributed by atoms with E-state index in [4.69, 9.17) is 4.74 Å². The molecule has 1 aliphatic heterocycles. The number of nitrogens with zero attached hydrogens (tertiary/aromatic N) is 2. The molecule has 0 aliphatic carbocycles. The smallest absolute Gasteiger partial charge is 0.222 e. The van der Waals surface area contributed by atoms with Crippen LogP contribution in [0.25, 0.3) is 0 Å². The second-order valence-corrected chi connectivity index (χ2v) is 6.37. The minimum absolute atomic E-state index is 0.0499. The van der Waals surface area contributed by atoms with Crippen LogP contribution >= 0.6 is 0 Å². The predicted molar refractivity (Wildman–Crippen MR) is 93.3 cm³/mol. The number of hydrogen-bond donors (Lipinski definition) is 0. The Hall–Kier alpha value is -2.27. The van der Waals surface area contributed by atoms with E-state index in [1.54, 1.807) is 12.3 Å². The van der Waals surface area contributed by atoms with Crippen molar-refractivity contribution in [2.75, 3.05) is 13.1 Å². The average Bonchev–Trinajstić information content (AvgIpc) is 2.65. The Balaban J connectivity index is 1.46.